The molecule has 0 saturated carbocycles. The molecule has 0 amide bonds. The molecule has 8 nitrogen and oxygen atoms in total. The summed E-state index contributed by atoms with van der Waals surface area (Å²) < 4.78 is 29.2. The predicted octanol–water partition coefficient (Wildman–Crippen LogP) is 5.60. The van der Waals surface area contributed by atoms with Crippen LogP contribution in [-0.4, -0.2) is 55.7 Å². The van der Waals surface area contributed by atoms with Gasteiger partial charge in [-0.05, 0) is 49.7 Å². The highest BCUT2D eigenvalue weighted by Crippen LogP contribution is 2.30. The molecule has 1 heterocycles. The molecule has 0 bridgehead atoms. The van der Waals surface area contributed by atoms with Crippen molar-refractivity contribution in [3.63, 3.8) is 0 Å². The first-order valence-electron chi connectivity index (χ1n) is 13.9. The average molecular weight is 571 g/mol. The van der Waals surface area contributed by atoms with Crippen LogP contribution in [0.1, 0.15) is 69.7 Å². The molecule has 0 spiro atoms. The second kappa shape index (κ2) is 15.0. The van der Waals surface area contributed by atoms with Gasteiger partial charge in [0.2, 0.25) is 6.29 Å². The van der Waals surface area contributed by atoms with Crippen molar-refractivity contribution in [2.75, 3.05) is 7.11 Å². The summed E-state index contributed by atoms with van der Waals surface area (Å²) in [6, 6.07) is 23.7. The second-order valence-corrected chi connectivity index (χ2v) is 9.74. The summed E-state index contributed by atoms with van der Waals surface area (Å²) in [6.07, 6.45) is -2.73. The fourth-order valence-electron chi connectivity index (χ4n) is 4.52. The van der Waals surface area contributed by atoms with Gasteiger partial charge in [-0.2, -0.15) is 0 Å². The molecule has 8 heteroatoms. The number of carbonyl (C=O) groups excluding carboxylic acids is 3. The summed E-state index contributed by atoms with van der Waals surface area (Å²) in [7, 11) is 1.40. The lowest BCUT2D eigenvalue weighted by Gasteiger charge is -2.43. The van der Waals surface area contributed by atoms with Crippen molar-refractivity contribution in [3.05, 3.63) is 107 Å². The maximum Gasteiger partial charge on any atom is 0.341 e. The SMILES string of the molecule is CCCCC#Cc1ccccc1C(=O)O[C@@H]1O[C@@H](C)[C@H](OC(=O)c2ccccc2)[C@@H](OC)[C@H]1OC(=O)c1ccccc1. The van der Waals surface area contributed by atoms with Gasteiger partial charge in [0.1, 0.15) is 6.10 Å². The fourth-order valence-corrected chi connectivity index (χ4v) is 4.52. The van der Waals surface area contributed by atoms with E-state index in [1.165, 1.54) is 7.11 Å². The number of unbranched alkanes of at least 4 members (excludes halogenated alkanes) is 2. The van der Waals surface area contributed by atoms with E-state index in [0.717, 1.165) is 12.8 Å². The van der Waals surface area contributed by atoms with Crippen molar-refractivity contribution in [1.82, 2.24) is 0 Å². The zero-order valence-electron chi connectivity index (χ0n) is 23.9. The van der Waals surface area contributed by atoms with Gasteiger partial charge in [0.05, 0.1) is 22.8 Å². The first-order chi connectivity index (χ1) is 20.4. The quantitative estimate of drug-likeness (QED) is 0.142. The number of esters is 3. The largest absolute Gasteiger partial charge is 0.453 e. The van der Waals surface area contributed by atoms with E-state index < -0.39 is 48.6 Å². The first kappa shape index (κ1) is 30.5. The van der Waals surface area contributed by atoms with E-state index in [1.54, 1.807) is 91.9 Å². The Bertz CT molecular complexity index is 1410. The number of hydrogen-bond acceptors (Lipinski definition) is 8. The van der Waals surface area contributed by atoms with Crippen LogP contribution in [0.2, 0.25) is 0 Å². The van der Waals surface area contributed by atoms with Crippen LogP contribution < -0.4 is 0 Å². The van der Waals surface area contributed by atoms with Crippen molar-refractivity contribution in [2.45, 2.75) is 63.8 Å². The normalized spacial score (nSPS) is 21.4. The molecular formula is C34H34O8. The molecule has 5 atom stereocenters. The van der Waals surface area contributed by atoms with Crippen LogP contribution in [0, 0.1) is 11.8 Å². The van der Waals surface area contributed by atoms with E-state index in [-0.39, 0.29) is 11.1 Å². The fraction of sp³-hybridized carbons (Fsp3) is 0.324. The molecule has 4 rings (SSSR count). The summed E-state index contributed by atoms with van der Waals surface area (Å²) >= 11 is 0. The molecule has 1 fully saturated rings. The Kier molecular flexibility index (Phi) is 10.9. The number of benzene rings is 3. The standard InChI is InChI=1S/C34H34O8/c1-4-5-6-9-16-24-17-14-15-22-27(24)33(37)42-34-30(41-32(36)26-20-12-8-13-21-26)29(38-3)28(23(2)39-34)40-31(35)25-18-10-7-11-19-25/h7-8,10-15,17-23,28-30,34H,4-6H2,1-3H3/t23-,28-,29+,30+,34-/m0/s1. The van der Waals surface area contributed by atoms with Crippen molar-refractivity contribution in [1.29, 1.82) is 0 Å². The molecule has 0 aromatic heterocycles. The third-order valence-electron chi connectivity index (χ3n) is 6.75. The van der Waals surface area contributed by atoms with Gasteiger partial charge in [-0.3, -0.25) is 0 Å². The van der Waals surface area contributed by atoms with E-state index in [4.69, 9.17) is 23.7 Å². The van der Waals surface area contributed by atoms with Crippen LogP contribution in [0.3, 0.4) is 0 Å². The molecule has 3 aromatic rings. The highest BCUT2D eigenvalue weighted by molar-refractivity contribution is 5.93. The summed E-state index contributed by atoms with van der Waals surface area (Å²) in [5.41, 5.74) is 1.37. The summed E-state index contributed by atoms with van der Waals surface area (Å²) in [4.78, 5) is 39.5. The molecule has 42 heavy (non-hydrogen) atoms. The third-order valence-corrected chi connectivity index (χ3v) is 6.75. The van der Waals surface area contributed by atoms with Gasteiger partial charge in [0, 0.05) is 19.1 Å². The Morgan fingerprint density at radius 2 is 1.31 bits per heavy atom. The monoisotopic (exact) mass is 570 g/mol. The topological polar surface area (TPSA) is 97.4 Å². The maximum absolute atomic E-state index is 13.4. The summed E-state index contributed by atoms with van der Waals surface area (Å²) in [5, 5.41) is 0. The summed E-state index contributed by atoms with van der Waals surface area (Å²) in [6.45, 7) is 3.75. The van der Waals surface area contributed by atoms with Gasteiger partial charge in [-0.25, -0.2) is 14.4 Å². The number of rotatable bonds is 9. The van der Waals surface area contributed by atoms with Crippen LogP contribution in [0.4, 0.5) is 0 Å². The van der Waals surface area contributed by atoms with E-state index in [9.17, 15) is 14.4 Å². The minimum atomic E-state index is -1.36. The van der Waals surface area contributed by atoms with E-state index in [0.29, 0.717) is 17.5 Å². The van der Waals surface area contributed by atoms with Gasteiger partial charge in [-0.1, -0.05) is 73.7 Å². The molecule has 1 aliphatic rings. The van der Waals surface area contributed by atoms with Crippen molar-refractivity contribution in [2.24, 2.45) is 0 Å². The molecule has 1 aliphatic heterocycles. The molecule has 218 valence electrons. The van der Waals surface area contributed by atoms with Gasteiger partial charge in [0.25, 0.3) is 0 Å². The number of hydrogen-bond donors (Lipinski definition) is 0. The number of methoxy groups -OCH3 is 1. The first-order valence-corrected chi connectivity index (χ1v) is 13.9. The van der Waals surface area contributed by atoms with Crippen molar-refractivity contribution in [3.8, 4) is 11.8 Å². The van der Waals surface area contributed by atoms with E-state index in [1.807, 2.05) is 0 Å². The predicted molar refractivity (Wildman–Crippen MR) is 155 cm³/mol. The van der Waals surface area contributed by atoms with Crippen LogP contribution in [0.15, 0.2) is 84.9 Å². The zero-order valence-corrected chi connectivity index (χ0v) is 23.9. The average Bonchev–Trinajstić information content (AvgIpc) is 3.02. The molecule has 0 aliphatic carbocycles. The maximum atomic E-state index is 13.4. The van der Waals surface area contributed by atoms with Gasteiger partial charge in [0.15, 0.2) is 12.2 Å². The molecule has 3 aromatic carbocycles. The Balaban J connectivity index is 1.61. The van der Waals surface area contributed by atoms with E-state index in [2.05, 4.69) is 18.8 Å². The zero-order chi connectivity index (χ0) is 29.9. The second-order valence-electron chi connectivity index (χ2n) is 9.74. The van der Waals surface area contributed by atoms with Gasteiger partial charge in [-0.15, -0.1) is 0 Å². The van der Waals surface area contributed by atoms with Gasteiger partial charge < -0.3 is 23.7 Å². The minimum absolute atomic E-state index is 0.248. The lowest BCUT2D eigenvalue weighted by atomic mass is 9.98. The Morgan fingerprint density at radius 3 is 1.90 bits per heavy atom. The Morgan fingerprint density at radius 1 is 0.738 bits per heavy atom. The van der Waals surface area contributed by atoms with E-state index >= 15 is 0 Å². The Labute approximate surface area is 245 Å². The van der Waals surface area contributed by atoms with Crippen LogP contribution in [0.5, 0.6) is 0 Å². The smallest absolute Gasteiger partial charge is 0.341 e. The van der Waals surface area contributed by atoms with Crippen molar-refractivity contribution >= 4 is 17.9 Å². The third kappa shape index (κ3) is 7.64. The highest BCUT2D eigenvalue weighted by atomic mass is 16.7. The number of carbonyl (C=O) groups is 3. The molecule has 0 radical (unpaired) electrons. The minimum Gasteiger partial charge on any atom is -0.453 e. The van der Waals surface area contributed by atoms with Crippen molar-refractivity contribution < 1.29 is 38.1 Å². The van der Waals surface area contributed by atoms with Crippen LogP contribution in [0.25, 0.3) is 0 Å². The van der Waals surface area contributed by atoms with Crippen LogP contribution in [-0.2, 0) is 23.7 Å². The number of ether oxygens (including phenoxy) is 5. The lowest BCUT2D eigenvalue weighted by Crippen LogP contribution is -2.61. The summed E-state index contributed by atoms with van der Waals surface area (Å²) in [5.74, 6) is 4.14. The molecule has 0 N–H and O–H groups in total. The lowest BCUT2D eigenvalue weighted by molar-refractivity contribution is -0.279. The van der Waals surface area contributed by atoms with Gasteiger partial charge >= 0.3 is 17.9 Å². The Hall–Kier alpha value is -4.45. The molecule has 0 unspecified atom stereocenters. The highest BCUT2D eigenvalue weighted by Gasteiger charge is 2.51. The molecular weight excluding hydrogens is 536 g/mol. The van der Waals surface area contributed by atoms with Crippen LogP contribution >= 0.6 is 0 Å². The molecule has 1 saturated heterocycles.